The first kappa shape index (κ1) is 20.2. The zero-order valence-corrected chi connectivity index (χ0v) is 17.4. The van der Waals surface area contributed by atoms with Crippen molar-refractivity contribution in [3.8, 4) is 0 Å². The summed E-state index contributed by atoms with van der Waals surface area (Å²) in [4.78, 5) is 17.8. The molecule has 0 saturated carbocycles. The van der Waals surface area contributed by atoms with E-state index in [1.807, 2.05) is 78.7 Å². The zero-order chi connectivity index (χ0) is 20.8. The van der Waals surface area contributed by atoms with Crippen molar-refractivity contribution in [1.82, 2.24) is 4.90 Å². The van der Waals surface area contributed by atoms with Crippen LogP contribution in [-0.2, 0) is 16.1 Å². The molecule has 1 fully saturated rings. The van der Waals surface area contributed by atoms with Crippen LogP contribution in [0.5, 0.6) is 0 Å². The largest absolute Gasteiger partial charge is 0.378 e. The van der Waals surface area contributed by atoms with E-state index in [0.29, 0.717) is 6.54 Å². The van der Waals surface area contributed by atoms with Crippen molar-refractivity contribution in [1.29, 1.82) is 0 Å². The van der Waals surface area contributed by atoms with Crippen molar-refractivity contribution in [2.45, 2.75) is 12.5 Å². The number of para-hydroxylation sites is 1. The maximum Gasteiger partial charge on any atom is 0.234 e. The topological polar surface area (TPSA) is 32.8 Å². The number of likely N-dealkylation sites (N-methyl/N-ethyl adjacent to an activating group) is 1. The summed E-state index contributed by atoms with van der Waals surface area (Å²) >= 11 is 0. The molecule has 0 radical (unpaired) electrons. The average molecular weight is 401 g/mol. The second-order valence-electron chi connectivity index (χ2n) is 7.68. The van der Waals surface area contributed by atoms with Crippen LogP contribution < -0.4 is 4.90 Å². The van der Waals surface area contributed by atoms with E-state index in [1.54, 1.807) is 0 Å². The molecule has 1 amide bonds. The molecule has 0 aromatic heterocycles. The molecule has 4 heteroatoms. The van der Waals surface area contributed by atoms with Gasteiger partial charge >= 0.3 is 0 Å². The fraction of sp³-hybridized carbons (Fsp3) is 0.269. The molecule has 30 heavy (non-hydrogen) atoms. The lowest BCUT2D eigenvalue weighted by atomic mass is 9.90. The highest BCUT2D eigenvalue weighted by molar-refractivity contribution is 5.87. The Balaban J connectivity index is 1.59. The van der Waals surface area contributed by atoms with E-state index in [2.05, 4.69) is 23.1 Å². The summed E-state index contributed by atoms with van der Waals surface area (Å²) in [7, 11) is 1.90. The first-order chi connectivity index (χ1) is 14.7. The smallest absolute Gasteiger partial charge is 0.234 e. The molecule has 1 saturated heterocycles. The quantitative estimate of drug-likeness (QED) is 0.618. The molecule has 0 spiro atoms. The minimum Gasteiger partial charge on any atom is -0.378 e. The molecule has 1 aliphatic heterocycles. The molecule has 1 aliphatic rings. The third kappa shape index (κ3) is 4.55. The van der Waals surface area contributed by atoms with E-state index < -0.39 is 0 Å². The van der Waals surface area contributed by atoms with Crippen LogP contribution in [0.1, 0.15) is 22.6 Å². The van der Waals surface area contributed by atoms with E-state index >= 15 is 0 Å². The lowest BCUT2D eigenvalue weighted by Crippen LogP contribution is -2.37. The van der Waals surface area contributed by atoms with Crippen LogP contribution in [0.15, 0.2) is 84.9 Å². The van der Waals surface area contributed by atoms with Crippen LogP contribution in [0, 0.1) is 0 Å². The van der Waals surface area contributed by atoms with Crippen LogP contribution in [0.4, 0.5) is 5.69 Å². The van der Waals surface area contributed by atoms with Gasteiger partial charge in [-0.1, -0.05) is 78.9 Å². The molecular weight excluding hydrogens is 372 g/mol. The molecule has 0 unspecified atom stereocenters. The number of anilines is 1. The predicted molar refractivity (Wildman–Crippen MR) is 121 cm³/mol. The molecule has 154 valence electrons. The van der Waals surface area contributed by atoms with Crippen LogP contribution in [-0.4, -0.2) is 44.2 Å². The summed E-state index contributed by atoms with van der Waals surface area (Å²) < 4.78 is 5.50. The first-order valence-electron chi connectivity index (χ1n) is 10.5. The van der Waals surface area contributed by atoms with E-state index in [4.69, 9.17) is 4.74 Å². The molecular formula is C26H28N2O2. The summed E-state index contributed by atoms with van der Waals surface area (Å²) in [5, 5.41) is 0. The van der Waals surface area contributed by atoms with Crippen molar-refractivity contribution in [3.63, 3.8) is 0 Å². The van der Waals surface area contributed by atoms with Gasteiger partial charge < -0.3 is 14.5 Å². The van der Waals surface area contributed by atoms with Crippen LogP contribution >= 0.6 is 0 Å². The summed E-state index contributed by atoms with van der Waals surface area (Å²) in [6.45, 7) is 3.82. The highest BCUT2D eigenvalue weighted by Crippen LogP contribution is 2.28. The third-order valence-corrected chi connectivity index (χ3v) is 5.64. The van der Waals surface area contributed by atoms with Crippen molar-refractivity contribution in [2.75, 3.05) is 38.3 Å². The normalized spacial score (nSPS) is 14.0. The second-order valence-corrected chi connectivity index (χ2v) is 7.68. The Morgan fingerprint density at radius 2 is 1.40 bits per heavy atom. The minimum absolute atomic E-state index is 0.101. The second kappa shape index (κ2) is 9.59. The van der Waals surface area contributed by atoms with Gasteiger partial charge in [0.2, 0.25) is 5.91 Å². The zero-order valence-electron chi connectivity index (χ0n) is 17.4. The van der Waals surface area contributed by atoms with Gasteiger partial charge in [-0.3, -0.25) is 4.79 Å². The summed E-state index contributed by atoms with van der Waals surface area (Å²) in [5.74, 6) is -0.211. The number of benzene rings is 3. The van der Waals surface area contributed by atoms with Crippen LogP contribution in [0.3, 0.4) is 0 Å². The van der Waals surface area contributed by atoms with Gasteiger partial charge in [-0.05, 0) is 22.8 Å². The maximum absolute atomic E-state index is 13.6. The Labute approximate surface area is 178 Å². The van der Waals surface area contributed by atoms with Crippen molar-refractivity contribution < 1.29 is 9.53 Å². The van der Waals surface area contributed by atoms with Gasteiger partial charge in [0.1, 0.15) is 0 Å². The Kier molecular flexibility index (Phi) is 6.45. The number of amides is 1. The molecule has 4 nitrogen and oxygen atoms in total. The molecule has 3 aromatic carbocycles. The van der Waals surface area contributed by atoms with E-state index in [9.17, 15) is 4.79 Å². The van der Waals surface area contributed by atoms with Crippen molar-refractivity contribution >= 4 is 11.6 Å². The van der Waals surface area contributed by atoms with Gasteiger partial charge in [0.15, 0.2) is 0 Å². The number of ether oxygens (including phenoxy) is 1. The van der Waals surface area contributed by atoms with Crippen LogP contribution in [0.25, 0.3) is 0 Å². The summed E-state index contributed by atoms with van der Waals surface area (Å²) in [6, 6.07) is 28.4. The monoisotopic (exact) mass is 400 g/mol. The molecule has 1 heterocycles. The molecule has 3 aromatic rings. The van der Waals surface area contributed by atoms with Gasteiger partial charge in [0.25, 0.3) is 0 Å². The molecule has 0 bridgehead atoms. The Morgan fingerprint density at radius 1 is 0.867 bits per heavy atom. The van der Waals surface area contributed by atoms with Crippen molar-refractivity contribution in [3.05, 3.63) is 102 Å². The van der Waals surface area contributed by atoms with Gasteiger partial charge in [0, 0.05) is 32.4 Å². The molecule has 0 aliphatic carbocycles. The number of hydrogen-bond donors (Lipinski definition) is 0. The maximum atomic E-state index is 13.6. The Morgan fingerprint density at radius 3 is 2.00 bits per heavy atom. The van der Waals surface area contributed by atoms with Gasteiger partial charge in [-0.25, -0.2) is 0 Å². The van der Waals surface area contributed by atoms with Gasteiger partial charge in [0.05, 0.1) is 19.1 Å². The number of morpholine rings is 1. The molecule has 0 N–H and O–H groups in total. The Hall–Kier alpha value is -3.11. The standard InChI is InChI=1S/C26H28N2O2/c1-27(20-23-14-8-9-15-24(23)28-16-18-30-19-17-28)26(29)25(21-10-4-2-5-11-21)22-12-6-3-7-13-22/h2-15,25H,16-20H2,1H3. The number of nitrogens with zero attached hydrogens (tertiary/aromatic N) is 2. The fourth-order valence-electron chi connectivity index (χ4n) is 4.08. The molecule has 4 rings (SSSR count). The SMILES string of the molecule is CN(Cc1ccccc1N1CCOCC1)C(=O)C(c1ccccc1)c1ccccc1. The highest BCUT2D eigenvalue weighted by Gasteiger charge is 2.26. The number of rotatable bonds is 6. The van der Waals surface area contributed by atoms with E-state index in [1.165, 1.54) is 5.69 Å². The Bertz CT molecular complexity index is 914. The van der Waals surface area contributed by atoms with Crippen LogP contribution in [0.2, 0.25) is 0 Å². The summed E-state index contributed by atoms with van der Waals surface area (Å²) in [6.07, 6.45) is 0. The minimum atomic E-state index is -0.312. The number of carbonyl (C=O) groups is 1. The lowest BCUT2D eigenvalue weighted by molar-refractivity contribution is -0.131. The van der Waals surface area contributed by atoms with Crippen molar-refractivity contribution in [2.24, 2.45) is 0 Å². The number of carbonyl (C=O) groups excluding carboxylic acids is 1. The lowest BCUT2D eigenvalue weighted by Gasteiger charge is -2.32. The van der Waals surface area contributed by atoms with Gasteiger partial charge in [-0.2, -0.15) is 0 Å². The molecule has 0 atom stereocenters. The first-order valence-corrected chi connectivity index (χ1v) is 10.5. The fourth-order valence-corrected chi connectivity index (χ4v) is 4.08. The third-order valence-electron chi connectivity index (χ3n) is 5.64. The van der Waals surface area contributed by atoms with Gasteiger partial charge in [-0.15, -0.1) is 0 Å². The number of hydrogen-bond acceptors (Lipinski definition) is 3. The summed E-state index contributed by atoms with van der Waals surface area (Å²) in [5.41, 5.74) is 4.38. The average Bonchev–Trinajstić information content (AvgIpc) is 2.81. The predicted octanol–water partition coefficient (Wildman–Crippen LogP) is 4.31. The van der Waals surface area contributed by atoms with E-state index in [0.717, 1.165) is 43.0 Å². The van der Waals surface area contributed by atoms with E-state index in [-0.39, 0.29) is 11.8 Å². The highest BCUT2D eigenvalue weighted by atomic mass is 16.5.